The Bertz CT molecular complexity index is 1560. The van der Waals surface area contributed by atoms with Crippen molar-refractivity contribution < 1.29 is 28.2 Å². The number of aromatic nitrogens is 3. The minimum Gasteiger partial charge on any atom is -0.493 e. The molecule has 0 fully saturated rings. The van der Waals surface area contributed by atoms with Crippen LogP contribution >= 0.6 is 11.3 Å². The summed E-state index contributed by atoms with van der Waals surface area (Å²) < 4.78 is 41.4. The molecule has 2 aromatic heterocycles. The van der Waals surface area contributed by atoms with Crippen LogP contribution in [0.1, 0.15) is 32.7 Å². The van der Waals surface area contributed by atoms with Gasteiger partial charge in [0.1, 0.15) is 28.4 Å². The minimum atomic E-state index is -1.28. The summed E-state index contributed by atoms with van der Waals surface area (Å²) >= 11 is 0.899. The molecular formula is C23H20F2N6O5S. The van der Waals surface area contributed by atoms with Gasteiger partial charge in [0, 0.05) is 17.2 Å². The number of nitrogens with one attached hydrogen (secondary N) is 3. The summed E-state index contributed by atoms with van der Waals surface area (Å²) in [6.07, 6.45) is 0. The number of halogens is 2. The average molecular weight is 531 g/mol. The number of carboxylic acid groups (broad SMARTS) is 1. The Balaban J connectivity index is 1.88. The first-order chi connectivity index (χ1) is 17.6. The normalized spacial score (nSPS) is 11.7. The van der Waals surface area contributed by atoms with Gasteiger partial charge in [-0.15, -0.1) is 16.4 Å². The monoisotopic (exact) mass is 530 g/mol. The van der Waals surface area contributed by atoms with Crippen molar-refractivity contribution in [2.75, 3.05) is 19.5 Å². The lowest BCUT2D eigenvalue weighted by Gasteiger charge is -2.21. The molecule has 0 aliphatic rings. The first-order valence-electron chi connectivity index (χ1n) is 10.5. The summed E-state index contributed by atoms with van der Waals surface area (Å²) in [5, 5.41) is 25.4. The number of aromatic amines is 1. The second kappa shape index (κ2) is 10.1. The van der Waals surface area contributed by atoms with Gasteiger partial charge in [-0.05, 0) is 35.7 Å². The summed E-state index contributed by atoms with van der Waals surface area (Å²) in [5.41, 5.74) is 4.57. The maximum Gasteiger partial charge on any atom is 0.348 e. The Labute approximate surface area is 211 Å². The molecule has 2 aromatic carbocycles. The van der Waals surface area contributed by atoms with Crippen LogP contribution in [-0.4, -0.2) is 45.9 Å². The largest absolute Gasteiger partial charge is 0.493 e. The van der Waals surface area contributed by atoms with E-state index < -0.39 is 29.3 Å². The highest BCUT2D eigenvalue weighted by molar-refractivity contribution is 7.12. The molecule has 0 saturated heterocycles. The second-order valence-electron chi connectivity index (χ2n) is 7.58. The van der Waals surface area contributed by atoms with E-state index in [0.29, 0.717) is 0 Å². The molecule has 14 heteroatoms. The number of carbonyl (C=O) groups is 1. The molecule has 4 rings (SSSR count). The lowest BCUT2D eigenvalue weighted by molar-refractivity contribution is 0.0702. The van der Waals surface area contributed by atoms with Gasteiger partial charge < -0.3 is 25.6 Å². The molecule has 0 saturated carbocycles. The van der Waals surface area contributed by atoms with Crippen molar-refractivity contribution in [1.82, 2.24) is 14.8 Å². The summed E-state index contributed by atoms with van der Waals surface area (Å²) in [6, 6.07) is 6.21. The number of H-pyrrole nitrogens is 1. The number of nitrogen functional groups attached to an aromatic ring is 1. The lowest BCUT2D eigenvalue weighted by atomic mass is 10.0. The van der Waals surface area contributed by atoms with Crippen molar-refractivity contribution in [3.05, 3.63) is 85.7 Å². The fourth-order valence-electron chi connectivity index (χ4n) is 3.60. The highest BCUT2D eigenvalue weighted by atomic mass is 32.1. The topological polar surface area (TPSA) is 168 Å². The van der Waals surface area contributed by atoms with Gasteiger partial charge in [-0.25, -0.2) is 18.4 Å². The molecule has 1 atom stereocenters. The van der Waals surface area contributed by atoms with Crippen molar-refractivity contribution in [3.8, 4) is 17.2 Å². The van der Waals surface area contributed by atoms with Crippen LogP contribution in [-0.2, 0) is 0 Å². The van der Waals surface area contributed by atoms with Gasteiger partial charge in [-0.2, -0.15) is 4.68 Å². The van der Waals surface area contributed by atoms with E-state index in [2.05, 4.69) is 15.4 Å². The first kappa shape index (κ1) is 25.4. The molecule has 4 aromatic rings. The molecule has 2 heterocycles. The van der Waals surface area contributed by atoms with E-state index in [0.717, 1.165) is 28.2 Å². The number of rotatable bonds is 9. The molecule has 0 aliphatic heterocycles. The molecule has 37 heavy (non-hydrogen) atoms. The quantitative estimate of drug-likeness (QED) is 0.162. The van der Waals surface area contributed by atoms with Crippen molar-refractivity contribution in [1.29, 1.82) is 5.41 Å². The van der Waals surface area contributed by atoms with Gasteiger partial charge in [0.2, 0.25) is 0 Å². The summed E-state index contributed by atoms with van der Waals surface area (Å²) in [4.78, 5) is 26.7. The number of nitrogens with two attached hydrogens (primary N) is 1. The number of aromatic carboxylic acids is 1. The number of hydrogen-bond donors (Lipinski definition) is 5. The number of anilines is 1. The van der Waals surface area contributed by atoms with Crippen molar-refractivity contribution in [2.24, 2.45) is 5.73 Å². The average Bonchev–Trinajstić information content (AvgIpc) is 3.49. The number of thiophene rings is 1. The molecule has 6 N–H and O–H groups in total. The predicted molar refractivity (Wildman–Crippen MR) is 131 cm³/mol. The van der Waals surface area contributed by atoms with Gasteiger partial charge in [0.15, 0.2) is 17.3 Å². The van der Waals surface area contributed by atoms with Gasteiger partial charge in [-0.3, -0.25) is 10.4 Å². The molecule has 0 spiro atoms. The molecule has 0 bridgehead atoms. The Morgan fingerprint density at radius 1 is 1.19 bits per heavy atom. The molecule has 0 aliphatic carbocycles. The maximum absolute atomic E-state index is 15.3. The zero-order chi connectivity index (χ0) is 26.9. The zero-order valence-electron chi connectivity index (χ0n) is 19.3. The van der Waals surface area contributed by atoms with E-state index in [1.54, 1.807) is 0 Å². The summed E-state index contributed by atoms with van der Waals surface area (Å²) in [7, 11) is 2.68. The summed E-state index contributed by atoms with van der Waals surface area (Å²) in [6.45, 7) is 0. The van der Waals surface area contributed by atoms with E-state index in [4.69, 9.17) is 20.6 Å². The van der Waals surface area contributed by atoms with E-state index in [9.17, 15) is 19.1 Å². The maximum atomic E-state index is 15.3. The Morgan fingerprint density at radius 3 is 2.51 bits per heavy atom. The number of amidine groups is 1. The first-order valence-corrected chi connectivity index (χ1v) is 11.3. The molecule has 0 amide bonds. The van der Waals surface area contributed by atoms with Gasteiger partial charge in [-0.1, -0.05) is 0 Å². The van der Waals surface area contributed by atoms with Crippen LogP contribution in [0.3, 0.4) is 0 Å². The van der Waals surface area contributed by atoms with E-state index in [-0.39, 0.29) is 50.5 Å². The van der Waals surface area contributed by atoms with Gasteiger partial charge in [0.05, 0.1) is 25.6 Å². The minimum absolute atomic E-state index is 0.00789. The smallest absolute Gasteiger partial charge is 0.348 e. The number of methoxy groups -OCH3 is 2. The molecular weight excluding hydrogens is 510 g/mol. The zero-order valence-corrected chi connectivity index (χ0v) is 20.2. The van der Waals surface area contributed by atoms with E-state index in [1.165, 1.54) is 43.9 Å². The number of hydrogen-bond acceptors (Lipinski definition) is 8. The third kappa shape index (κ3) is 4.86. The van der Waals surface area contributed by atoms with Gasteiger partial charge in [0.25, 0.3) is 0 Å². The molecule has 11 nitrogen and oxygen atoms in total. The Kier molecular flexibility index (Phi) is 6.93. The van der Waals surface area contributed by atoms with Crippen LogP contribution in [0, 0.1) is 17.0 Å². The highest BCUT2D eigenvalue weighted by Gasteiger charge is 2.27. The van der Waals surface area contributed by atoms with Crippen LogP contribution < -0.4 is 26.2 Å². The molecule has 192 valence electrons. The number of carboxylic acids is 1. The van der Waals surface area contributed by atoms with Crippen LogP contribution in [0.5, 0.6) is 11.5 Å². The van der Waals surface area contributed by atoms with Crippen LogP contribution in [0.2, 0.25) is 0 Å². The van der Waals surface area contributed by atoms with E-state index in [1.807, 2.05) is 0 Å². The Hall–Kier alpha value is -4.72. The number of nitrogens with zero attached hydrogens (tertiary/aromatic N) is 2. The molecule has 0 radical (unpaired) electrons. The van der Waals surface area contributed by atoms with Crippen LogP contribution in [0.15, 0.2) is 46.6 Å². The highest BCUT2D eigenvalue weighted by Crippen LogP contribution is 2.36. The van der Waals surface area contributed by atoms with E-state index >= 15 is 4.39 Å². The van der Waals surface area contributed by atoms with Crippen LogP contribution in [0.4, 0.5) is 14.5 Å². The lowest BCUT2D eigenvalue weighted by Crippen LogP contribution is -2.18. The number of ether oxygens (including phenoxy) is 2. The molecule has 1 unspecified atom stereocenters. The van der Waals surface area contributed by atoms with Gasteiger partial charge >= 0.3 is 11.7 Å². The fourth-order valence-corrected chi connectivity index (χ4v) is 4.31. The van der Waals surface area contributed by atoms with Crippen LogP contribution in [0.25, 0.3) is 5.69 Å². The SMILES string of the molecule is COc1cc(F)c(C(Nc2ccc(C(=N)N)cc2F)c2nn(-c3ccsc3C(=O)O)c(=O)[nH]2)cc1OC. The third-order valence-electron chi connectivity index (χ3n) is 5.37. The Morgan fingerprint density at radius 2 is 1.89 bits per heavy atom. The second-order valence-corrected chi connectivity index (χ2v) is 8.50. The van der Waals surface area contributed by atoms with Crippen molar-refractivity contribution in [3.63, 3.8) is 0 Å². The summed E-state index contributed by atoms with van der Waals surface area (Å²) in [5.74, 6) is -3.07. The standard InChI is InChI=1S/C23H20F2N6O5S/c1-35-16-8-11(12(24)9-17(16)36-2)18(28-14-4-3-10(20(26)27)7-13(14)25)21-29-23(34)31(30-21)15-5-6-37-19(15)22(32)33/h3-9,18,28H,1-2H3,(H3,26,27)(H,32,33)(H,29,30,34). The third-order valence-corrected chi connectivity index (χ3v) is 6.26. The predicted octanol–water partition coefficient (Wildman–Crippen LogP) is 3.10. The number of benzene rings is 2. The van der Waals surface area contributed by atoms with Crippen molar-refractivity contribution >= 4 is 28.8 Å². The van der Waals surface area contributed by atoms with Crippen molar-refractivity contribution in [2.45, 2.75) is 6.04 Å². The fraction of sp³-hybridized carbons (Fsp3) is 0.130.